The third-order valence-corrected chi connectivity index (χ3v) is 12.7. The van der Waals surface area contributed by atoms with Gasteiger partial charge in [0.2, 0.25) is 0 Å². The van der Waals surface area contributed by atoms with Gasteiger partial charge in [0.1, 0.15) is 11.2 Å². The largest absolute Gasteiger partial charge is 0.456 e. The monoisotopic (exact) mass is 777 g/mol. The van der Waals surface area contributed by atoms with Gasteiger partial charge in [0, 0.05) is 27.7 Å². The lowest BCUT2D eigenvalue weighted by atomic mass is 9.67. The molecule has 0 unspecified atom stereocenters. The Labute approximate surface area is 355 Å². The number of furan rings is 1. The van der Waals surface area contributed by atoms with E-state index in [2.05, 4.69) is 235 Å². The summed E-state index contributed by atoms with van der Waals surface area (Å²) in [6.45, 7) is 0. The van der Waals surface area contributed by atoms with E-state index in [0.29, 0.717) is 0 Å². The minimum absolute atomic E-state index is 0.535. The van der Waals surface area contributed by atoms with Crippen LogP contribution in [0.4, 0.5) is 17.1 Å². The number of nitrogens with zero attached hydrogens (tertiary/aromatic N) is 1. The van der Waals surface area contributed by atoms with Crippen LogP contribution in [-0.4, -0.2) is 0 Å². The molecule has 0 N–H and O–H groups in total. The van der Waals surface area contributed by atoms with Crippen molar-refractivity contribution >= 4 is 49.8 Å². The second-order valence-electron chi connectivity index (χ2n) is 16.0. The van der Waals surface area contributed by atoms with Gasteiger partial charge >= 0.3 is 0 Å². The summed E-state index contributed by atoms with van der Waals surface area (Å²) < 4.78 is 6.38. The first-order valence-corrected chi connectivity index (χ1v) is 21.0. The van der Waals surface area contributed by atoms with E-state index in [1.54, 1.807) is 0 Å². The molecule has 10 aromatic carbocycles. The Morgan fingerprint density at radius 3 is 1.70 bits per heavy atom. The Balaban J connectivity index is 1.12. The standard InChI is InChI=1S/C59H39NO/c1-3-21-43(22-4-1)59(44-23-5-2-6-24-44)54-30-12-9-27-50(54)51-35-33-46(39-55(51)59)60(45-34-36-58-53(38-45)52-28-11-14-32-57(52)61-58)56-31-13-10-26-49(56)42-20-15-19-41(37-42)48-29-16-18-40-17-7-8-25-47(40)48/h1-39H. The second kappa shape index (κ2) is 14.1. The first-order chi connectivity index (χ1) is 30.3. The molecule has 0 aliphatic heterocycles. The van der Waals surface area contributed by atoms with Crippen LogP contribution in [0.5, 0.6) is 0 Å². The van der Waals surface area contributed by atoms with Gasteiger partial charge in [-0.25, -0.2) is 0 Å². The molecule has 0 radical (unpaired) electrons. The average Bonchev–Trinajstić information content (AvgIpc) is 3.85. The molecule has 61 heavy (non-hydrogen) atoms. The van der Waals surface area contributed by atoms with Gasteiger partial charge in [-0.1, -0.05) is 188 Å². The molecule has 2 nitrogen and oxygen atoms in total. The van der Waals surface area contributed by atoms with Crippen LogP contribution < -0.4 is 4.90 Å². The summed E-state index contributed by atoms with van der Waals surface area (Å²) in [7, 11) is 0. The molecule has 0 saturated carbocycles. The maximum atomic E-state index is 6.38. The molecule has 1 aliphatic rings. The molecule has 0 atom stereocenters. The lowest BCUT2D eigenvalue weighted by Gasteiger charge is -2.35. The summed E-state index contributed by atoms with van der Waals surface area (Å²) in [4.78, 5) is 2.45. The quantitative estimate of drug-likeness (QED) is 0.160. The fourth-order valence-electron chi connectivity index (χ4n) is 10.1. The number of fused-ring (bicyclic) bond motifs is 7. The Kier molecular flexibility index (Phi) is 8.11. The third kappa shape index (κ3) is 5.50. The van der Waals surface area contributed by atoms with Crippen LogP contribution >= 0.6 is 0 Å². The predicted molar refractivity (Wildman–Crippen MR) is 254 cm³/mol. The van der Waals surface area contributed by atoms with Crippen LogP contribution in [0, 0.1) is 0 Å². The summed E-state index contributed by atoms with van der Waals surface area (Å²) in [5.41, 5.74) is 16.7. The maximum Gasteiger partial charge on any atom is 0.135 e. The van der Waals surface area contributed by atoms with Crippen LogP contribution in [0.15, 0.2) is 241 Å². The SMILES string of the molecule is c1ccc(C2(c3ccccc3)c3ccccc3-c3ccc(N(c4ccc5oc6ccccc6c5c4)c4ccccc4-c4cccc(-c5cccc6ccccc56)c4)cc32)cc1. The number of benzene rings is 10. The molecule has 12 rings (SSSR count). The topological polar surface area (TPSA) is 16.4 Å². The number of anilines is 3. The minimum atomic E-state index is -0.535. The van der Waals surface area contributed by atoms with E-state index in [0.717, 1.165) is 50.1 Å². The molecule has 0 amide bonds. The van der Waals surface area contributed by atoms with Crippen molar-refractivity contribution in [3.05, 3.63) is 259 Å². The van der Waals surface area contributed by atoms with Crippen molar-refractivity contribution < 1.29 is 4.42 Å². The summed E-state index contributed by atoms with van der Waals surface area (Å²) in [6, 6.07) is 86.2. The highest BCUT2D eigenvalue weighted by Gasteiger charge is 2.46. The van der Waals surface area contributed by atoms with Gasteiger partial charge in [-0.2, -0.15) is 0 Å². The molecule has 0 bridgehead atoms. The Morgan fingerprint density at radius 2 is 0.885 bits per heavy atom. The lowest BCUT2D eigenvalue weighted by molar-refractivity contribution is 0.669. The van der Waals surface area contributed by atoms with E-state index >= 15 is 0 Å². The van der Waals surface area contributed by atoms with Crippen LogP contribution in [0.25, 0.3) is 66.1 Å². The van der Waals surface area contributed by atoms with Gasteiger partial charge in [-0.05, 0) is 109 Å². The van der Waals surface area contributed by atoms with Crippen molar-refractivity contribution in [3.8, 4) is 33.4 Å². The maximum absolute atomic E-state index is 6.38. The lowest BCUT2D eigenvalue weighted by Crippen LogP contribution is -2.28. The summed E-state index contributed by atoms with van der Waals surface area (Å²) >= 11 is 0. The van der Waals surface area contributed by atoms with Gasteiger partial charge in [0.05, 0.1) is 11.1 Å². The van der Waals surface area contributed by atoms with Gasteiger partial charge in [-0.15, -0.1) is 0 Å². The molecular weight excluding hydrogens is 739 g/mol. The number of rotatable bonds is 7. The van der Waals surface area contributed by atoms with E-state index in [-0.39, 0.29) is 0 Å². The smallest absolute Gasteiger partial charge is 0.135 e. The molecule has 1 aromatic heterocycles. The fraction of sp³-hybridized carbons (Fsp3) is 0.0169. The number of hydrogen-bond donors (Lipinski definition) is 0. The van der Waals surface area contributed by atoms with Gasteiger partial charge in [-0.3, -0.25) is 0 Å². The molecule has 286 valence electrons. The number of hydrogen-bond acceptors (Lipinski definition) is 2. The van der Waals surface area contributed by atoms with Crippen LogP contribution in [0.3, 0.4) is 0 Å². The van der Waals surface area contributed by atoms with Crippen molar-refractivity contribution in [1.82, 2.24) is 0 Å². The van der Waals surface area contributed by atoms with E-state index in [4.69, 9.17) is 4.42 Å². The first-order valence-electron chi connectivity index (χ1n) is 21.0. The molecule has 0 spiro atoms. The highest BCUT2D eigenvalue weighted by molar-refractivity contribution is 6.07. The summed E-state index contributed by atoms with van der Waals surface area (Å²) in [5, 5.41) is 4.68. The highest BCUT2D eigenvalue weighted by Crippen LogP contribution is 2.57. The van der Waals surface area contributed by atoms with Gasteiger partial charge < -0.3 is 9.32 Å². The third-order valence-electron chi connectivity index (χ3n) is 12.7. The molecule has 0 saturated heterocycles. The van der Waals surface area contributed by atoms with Crippen LogP contribution in [-0.2, 0) is 5.41 Å². The zero-order valence-corrected chi connectivity index (χ0v) is 33.4. The molecular formula is C59H39NO. The molecule has 11 aromatic rings. The minimum Gasteiger partial charge on any atom is -0.456 e. The zero-order chi connectivity index (χ0) is 40.3. The zero-order valence-electron chi connectivity index (χ0n) is 33.4. The van der Waals surface area contributed by atoms with Crippen molar-refractivity contribution in [1.29, 1.82) is 0 Å². The van der Waals surface area contributed by atoms with Crippen molar-refractivity contribution in [3.63, 3.8) is 0 Å². The van der Waals surface area contributed by atoms with Gasteiger partial charge in [0.15, 0.2) is 0 Å². The molecule has 2 heteroatoms. The normalized spacial score (nSPS) is 12.7. The fourth-order valence-corrected chi connectivity index (χ4v) is 10.1. The Hall–Kier alpha value is -7.94. The Bertz CT molecular complexity index is 3390. The van der Waals surface area contributed by atoms with Gasteiger partial charge in [0.25, 0.3) is 0 Å². The van der Waals surface area contributed by atoms with Crippen molar-refractivity contribution in [2.45, 2.75) is 5.41 Å². The summed E-state index contributed by atoms with van der Waals surface area (Å²) in [6.07, 6.45) is 0. The van der Waals surface area contributed by atoms with E-state index < -0.39 is 5.41 Å². The predicted octanol–water partition coefficient (Wildman–Crippen LogP) is 15.9. The van der Waals surface area contributed by atoms with Crippen molar-refractivity contribution in [2.75, 3.05) is 4.90 Å². The molecule has 1 aliphatic carbocycles. The Morgan fingerprint density at radius 1 is 0.328 bits per heavy atom. The first kappa shape index (κ1) is 35.0. The van der Waals surface area contributed by atoms with Crippen LogP contribution in [0.2, 0.25) is 0 Å². The average molecular weight is 778 g/mol. The summed E-state index contributed by atoms with van der Waals surface area (Å²) in [5.74, 6) is 0. The van der Waals surface area contributed by atoms with E-state index in [1.165, 1.54) is 55.3 Å². The van der Waals surface area contributed by atoms with E-state index in [1.807, 2.05) is 6.07 Å². The van der Waals surface area contributed by atoms with Crippen LogP contribution in [0.1, 0.15) is 22.3 Å². The second-order valence-corrected chi connectivity index (χ2v) is 16.0. The molecule has 0 fully saturated rings. The number of para-hydroxylation sites is 2. The van der Waals surface area contributed by atoms with Crippen molar-refractivity contribution in [2.24, 2.45) is 0 Å². The van der Waals surface area contributed by atoms with E-state index in [9.17, 15) is 0 Å². The molecule has 1 heterocycles. The highest BCUT2D eigenvalue weighted by atomic mass is 16.3.